The molecule has 8 heteroatoms. The summed E-state index contributed by atoms with van der Waals surface area (Å²) in [5, 5.41) is 1.09. The Hall–Kier alpha value is -3.74. The van der Waals surface area contributed by atoms with Crippen LogP contribution in [-0.4, -0.2) is 13.1 Å². The fourth-order valence-corrected chi connectivity index (χ4v) is 3.23. The second kappa shape index (κ2) is 9.81. The van der Waals surface area contributed by atoms with Gasteiger partial charge in [0.25, 0.3) is 0 Å². The smallest absolute Gasteiger partial charge is 0.336 e. The van der Waals surface area contributed by atoms with Gasteiger partial charge >= 0.3 is 5.97 Å². The molecule has 0 atom stereocenters. The largest absolute Gasteiger partial charge is 0.497 e. The molecule has 0 aliphatic rings. The summed E-state index contributed by atoms with van der Waals surface area (Å²) in [5.74, 6) is 0.769. The standard InChI is InChI=1S/C25H16Cl2O6/c1-30-16-4-6-17(7-5-16)32-23-14-31-22-13-18(8-9-19(22)25(23)29)33-24(28)11-3-15-2-10-20(26)21(27)12-15/h2-14H,1H3/b11-3+. The van der Waals surface area contributed by atoms with Crippen molar-refractivity contribution in [3.05, 3.63) is 98.8 Å². The summed E-state index contributed by atoms with van der Waals surface area (Å²) >= 11 is 11.8. The third-order valence-corrected chi connectivity index (χ3v) is 5.31. The Morgan fingerprint density at radius 3 is 2.36 bits per heavy atom. The molecular formula is C25H16Cl2O6. The Morgan fingerprint density at radius 2 is 1.64 bits per heavy atom. The van der Waals surface area contributed by atoms with E-state index in [4.69, 9.17) is 41.8 Å². The zero-order valence-electron chi connectivity index (χ0n) is 17.2. The van der Waals surface area contributed by atoms with Crippen LogP contribution in [0.3, 0.4) is 0 Å². The number of fused-ring (bicyclic) bond motifs is 1. The molecule has 0 fully saturated rings. The minimum atomic E-state index is -0.609. The third kappa shape index (κ3) is 5.37. The zero-order valence-corrected chi connectivity index (χ0v) is 18.7. The van der Waals surface area contributed by atoms with E-state index in [-0.39, 0.29) is 27.9 Å². The predicted octanol–water partition coefficient (Wildman–Crippen LogP) is 6.52. The first-order valence-corrected chi connectivity index (χ1v) is 10.4. The molecule has 0 saturated carbocycles. The van der Waals surface area contributed by atoms with E-state index in [2.05, 4.69) is 0 Å². The van der Waals surface area contributed by atoms with Crippen LogP contribution in [0.25, 0.3) is 17.0 Å². The molecule has 0 radical (unpaired) electrons. The van der Waals surface area contributed by atoms with Gasteiger partial charge in [0.1, 0.15) is 29.1 Å². The number of benzene rings is 3. The second-order valence-corrected chi connectivity index (χ2v) is 7.61. The van der Waals surface area contributed by atoms with Crippen molar-refractivity contribution in [2.24, 2.45) is 0 Å². The normalized spacial score (nSPS) is 11.0. The zero-order chi connectivity index (χ0) is 23.4. The average Bonchev–Trinajstić information content (AvgIpc) is 2.82. The molecule has 0 aliphatic carbocycles. The van der Waals surface area contributed by atoms with Crippen molar-refractivity contribution >= 4 is 46.2 Å². The SMILES string of the molecule is COc1ccc(Oc2coc3cc(OC(=O)/C=C/c4ccc(Cl)c(Cl)c4)ccc3c2=O)cc1. The van der Waals surface area contributed by atoms with E-state index in [1.54, 1.807) is 55.7 Å². The van der Waals surface area contributed by atoms with E-state index in [1.807, 2.05) is 0 Å². The lowest BCUT2D eigenvalue weighted by Crippen LogP contribution is -2.06. The monoisotopic (exact) mass is 482 g/mol. The lowest BCUT2D eigenvalue weighted by Gasteiger charge is -2.07. The topological polar surface area (TPSA) is 75.0 Å². The van der Waals surface area contributed by atoms with Crippen LogP contribution in [0.15, 0.2) is 82.2 Å². The van der Waals surface area contributed by atoms with E-state index in [9.17, 15) is 9.59 Å². The number of hydrogen-bond acceptors (Lipinski definition) is 6. The first-order valence-electron chi connectivity index (χ1n) is 9.65. The van der Waals surface area contributed by atoms with Crippen LogP contribution in [0.4, 0.5) is 0 Å². The van der Waals surface area contributed by atoms with Gasteiger partial charge in [0, 0.05) is 12.1 Å². The van der Waals surface area contributed by atoms with E-state index in [1.165, 1.54) is 30.5 Å². The Morgan fingerprint density at radius 1 is 0.909 bits per heavy atom. The summed E-state index contributed by atoms with van der Waals surface area (Å²) in [6, 6.07) is 16.2. The number of rotatable bonds is 6. The van der Waals surface area contributed by atoms with Crippen LogP contribution in [0, 0.1) is 0 Å². The van der Waals surface area contributed by atoms with Gasteiger partial charge in [-0.15, -0.1) is 0 Å². The number of methoxy groups -OCH3 is 1. The lowest BCUT2D eigenvalue weighted by molar-refractivity contribution is -0.128. The van der Waals surface area contributed by atoms with Crippen molar-refractivity contribution < 1.29 is 23.4 Å². The van der Waals surface area contributed by atoms with Crippen molar-refractivity contribution in [1.29, 1.82) is 0 Å². The molecule has 1 heterocycles. The number of ether oxygens (including phenoxy) is 3. The average molecular weight is 483 g/mol. The molecule has 166 valence electrons. The van der Waals surface area contributed by atoms with E-state index < -0.39 is 5.97 Å². The van der Waals surface area contributed by atoms with Crippen LogP contribution >= 0.6 is 23.2 Å². The van der Waals surface area contributed by atoms with Gasteiger partial charge in [0.05, 0.1) is 22.5 Å². The molecule has 0 spiro atoms. The molecule has 0 amide bonds. The Labute approximate surface area is 198 Å². The van der Waals surface area contributed by atoms with Gasteiger partial charge in [-0.05, 0) is 60.2 Å². The molecule has 33 heavy (non-hydrogen) atoms. The number of halogens is 2. The van der Waals surface area contributed by atoms with Crippen LogP contribution in [0.5, 0.6) is 23.0 Å². The summed E-state index contributed by atoms with van der Waals surface area (Å²) in [5.41, 5.74) is 0.584. The minimum absolute atomic E-state index is 0.0296. The molecular weight excluding hydrogens is 467 g/mol. The number of esters is 1. The molecule has 0 unspecified atom stereocenters. The number of carbonyl (C=O) groups excluding carboxylic acids is 1. The molecule has 0 N–H and O–H groups in total. The summed E-state index contributed by atoms with van der Waals surface area (Å²) in [6.07, 6.45) is 4.02. The highest BCUT2D eigenvalue weighted by molar-refractivity contribution is 6.42. The fourth-order valence-electron chi connectivity index (χ4n) is 2.93. The maximum absolute atomic E-state index is 12.8. The minimum Gasteiger partial charge on any atom is -0.497 e. The molecule has 0 bridgehead atoms. The molecule has 1 aromatic heterocycles. The molecule has 4 rings (SSSR count). The number of hydrogen-bond donors (Lipinski definition) is 0. The van der Waals surface area contributed by atoms with E-state index in [0.29, 0.717) is 27.1 Å². The van der Waals surface area contributed by atoms with E-state index >= 15 is 0 Å². The maximum atomic E-state index is 12.8. The summed E-state index contributed by atoms with van der Waals surface area (Å²) in [7, 11) is 1.56. The highest BCUT2D eigenvalue weighted by Crippen LogP contribution is 2.26. The van der Waals surface area contributed by atoms with Crippen molar-refractivity contribution in [1.82, 2.24) is 0 Å². The Balaban J connectivity index is 1.49. The Bertz CT molecular complexity index is 1410. The van der Waals surface area contributed by atoms with E-state index in [0.717, 1.165) is 0 Å². The van der Waals surface area contributed by atoms with Crippen LogP contribution in [0.2, 0.25) is 10.0 Å². The molecule has 4 aromatic rings. The summed E-state index contributed by atoms with van der Waals surface area (Å²) in [6.45, 7) is 0. The van der Waals surface area contributed by atoms with Gasteiger partial charge in [-0.3, -0.25) is 4.79 Å². The molecule has 3 aromatic carbocycles. The lowest BCUT2D eigenvalue weighted by atomic mass is 10.2. The first kappa shape index (κ1) is 22.5. The van der Waals surface area contributed by atoms with Crippen LogP contribution in [0.1, 0.15) is 5.56 Å². The highest BCUT2D eigenvalue weighted by Gasteiger charge is 2.11. The molecule has 6 nitrogen and oxygen atoms in total. The number of carbonyl (C=O) groups is 1. The van der Waals surface area contributed by atoms with Gasteiger partial charge in [0.15, 0.2) is 0 Å². The van der Waals surface area contributed by atoms with Crippen LogP contribution < -0.4 is 19.6 Å². The van der Waals surface area contributed by atoms with Crippen molar-refractivity contribution in [3.8, 4) is 23.0 Å². The summed E-state index contributed by atoms with van der Waals surface area (Å²) < 4.78 is 21.6. The van der Waals surface area contributed by atoms with Crippen molar-refractivity contribution in [2.45, 2.75) is 0 Å². The molecule has 0 aliphatic heterocycles. The van der Waals surface area contributed by atoms with Gasteiger partial charge in [-0.2, -0.15) is 0 Å². The Kier molecular flexibility index (Phi) is 6.68. The fraction of sp³-hybridized carbons (Fsp3) is 0.0400. The van der Waals surface area contributed by atoms with Gasteiger partial charge < -0.3 is 18.6 Å². The first-order chi connectivity index (χ1) is 15.9. The maximum Gasteiger partial charge on any atom is 0.336 e. The highest BCUT2D eigenvalue weighted by atomic mass is 35.5. The van der Waals surface area contributed by atoms with Crippen molar-refractivity contribution in [2.75, 3.05) is 7.11 Å². The van der Waals surface area contributed by atoms with Gasteiger partial charge in [-0.25, -0.2) is 4.79 Å². The van der Waals surface area contributed by atoms with Gasteiger partial charge in [-0.1, -0.05) is 29.3 Å². The van der Waals surface area contributed by atoms with Crippen molar-refractivity contribution in [3.63, 3.8) is 0 Å². The second-order valence-electron chi connectivity index (χ2n) is 6.79. The predicted molar refractivity (Wildman–Crippen MR) is 127 cm³/mol. The van der Waals surface area contributed by atoms with Gasteiger partial charge in [0.2, 0.25) is 11.2 Å². The molecule has 0 saturated heterocycles. The quantitative estimate of drug-likeness (QED) is 0.177. The summed E-state index contributed by atoms with van der Waals surface area (Å²) in [4.78, 5) is 24.9. The van der Waals surface area contributed by atoms with Crippen LogP contribution in [-0.2, 0) is 4.79 Å². The third-order valence-electron chi connectivity index (χ3n) is 4.58.